The summed E-state index contributed by atoms with van der Waals surface area (Å²) in [4.78, 5) is 29.0. The van der Waals surface area contributed by atoms with Crippen LogP contribution in [0.4, 0.5) is 5.69 Å². The van der Waals surface area contributed by atoms with Crippen molar-refractivity contribution in [2.45, 2.75) is 12.8 Å². The molecule has 2 rings (SSSR count). The molecule has 0 aliphatic heterocycles. The highest BCUT2D eigenvalue weighted by atomic mass is 16.2. The van der Waals surface area contributed by atoms with Crippen LogP contribution < -0.4 is 5.32 Å². The predicted octanol–water partition coefficient (Wildman–Crippen LogP) is 2.35. The quantitative estimate of drug-likeness (QED) is 0.921. The van der Waals surface area contributed by atoms with E-state index in [1.807, 2.05) is 24.3 Å². The molecular formula is C17H19N3O2. The fraction of sp³-hybridized carbons (Fsp3) is 0.235. The van der Waals surface area contributed by atoms with E-state index in [0.29, 0.717) is 18.4 Å². The third-order valence-electron chi connectivity index (χ3n) is 3.26. The number of amides is 2. The molecule has 5 nitrogen and oxygen atoms in total. The minimum absolute atomic E-state index is 0.106. The zero-order valence-electron chi connectivity index (χ0n) is 12.7. The Morgan fingerprint density at radius 3 is 2.45 bits per heavy atom. The second-order valence-electron chi connectivity index (χ2n) is 5.18. The number of hydrogen-bond acceptors (Lipinski definition) is 3. The smallest absolute Gasteiger partial charge is 0.257 e. The highest BCUT2D eigenvalue weighted by Crippen LogP contribution is 2.12. The molecule has 5 heteroatoms. The first-order valence-corrected chi connectivity index (χ1v) is 7.07. The lowest BCUT2D eigenvalue weighted by Crippen LogP contribution is -2.21. The van der Waals surface area contributed by atoms with Crippen LogP contribution in [-0.4, -0.2) is 35.8 Å². The normalized spacial score (nSPS) is 10.1. The number of pyridine rings is 1. The molecule has 1 aromatic heterocycles. The van der Waals surface area contributed by atoms with Gasteiger partial charge in [-0.3, -0.25) is 14.6 Å². The molecule has 1 heterocycles. The number of nitrogens with zero attached hydrogens (tertiary/aromatic N) is 2. The van der Waals surface area contributed by atoms with Crippen LogP contribution in [0.25, 0.3) is 0 Å². The van der Waals surface area contributed by atoms with Gasteiger partial charge in [-0.1, -0.05) is 12.1 Å². The molecule has 2 amide bonds. The SMILES string of the molecule is CN(C)C(=O)CCc1ccc(NC(=O)c2cccnc2)cc1. The van der Waals surface area contributed by atoms with Crippen molar-refractivity contribution >= 4 is 17.5 Å². The summed E-state index contributed by atoms with van der Waals surface area (Å²) < 4.78 is 0. The molecule has 0 unspecified atom stereocenters. The second-order valence-corrected chi connectivity index (χ2v) is 5.18. The number of carbonyl (C=O) groups is 2. The van der Waals surface area contributed by atoms with E-state index < -0.39 is 0 Å². The van der Waals surface area contributed by atoms with Crippen LogP contribution in [0.5, 0.6) is 0 Å². The highest BCUT2D eigenvalue weighted by molar-refractivity contribution is 6.03. The van der Waals surface area contributed by atoms with Gasteiger partial charge in [-0.15, -0.1) is 0 Å². The molecule has 0 aliphatic carbocycles. The highest BCUT2D eigenvalue weighted by Gasteiger charge is 2.07. The fourth-order valence-electron chi connectivity index (χ4n) is 1.93. The monoisotopic (exact) mass is 297 g/mol. The first-order valence-electron chi connectivity index (χ1n) is 7.07. The lowest BCUT2D eigenvalue weighted by atomic mass is 10.1. The summed E-state index contributed by atoms with van der Waals surface area (Å²) in [6, 6.07) is 10.9. The maximum absolute atomic E-state index is 12.0. The Bertz CT molecular complexity index is 637. The Labute approximate surface area is 130 Å². The number of carbonyl (C=O) groups excluding carboxylic acids is 2. The maximum Gasteiger partial charge on any atom is 0.257 e. The molecular weight excluding hydrogens is 278 g/mol. The number of aromatic nitrogens is 1. The van der Waals surface area contributed by atoms with Crippen LogP contribution >= 0.6 is 0 Å². The van der Waals surface area contributed by atoms with Gasteiger partial charge in [-0.25, -0.2) is 0 Å². The zero-order valence-corrected chi connectivity index (χ0v) is 12.7. The first-order chi connectivity index (χ1) is 10.6. The average Bonchev–Trinajstić information content (AvgIpc) is 2.54. The molecule has 0 aliphatic rings. The number of nitrogens with one attached hydrogen (secondary N) is 1. The Balaban J connectivity index is 1.92. The van der Waals surface area contributed by atoms with E-state index in [0.717, 1.165) is 11.3 Å². The molecule has 0 atom stereocenters. The van der Waals surface area contributed by atoms with Crippen molar-refractivity contribution in [3.63, 3.8) is 0 Å². The summed E-state index contributed by atoms with van der Waals surface area (Å²) in [5.74, 6) is -0.0856. The van der Waals surface area contributed by atoms with E-state index in [4.69, 9.17) is 0 Å². The van der Waals surface area contributed by atoms with E-state index in [-0.39, 0.29) is 11.8 Å². The van der Waals surface area contributed by atoms with Crippen molar-refractivity contribution in [3.8, 4) is 0 Å². The molecule has 0 radical (unpaired) electrons. The molecule has 1 aromatic carbocycles. The van der Waals surface area contributed by atoms with Gasteiger partial charge in [0.15, 0.2) is 0 Å². The second kappa shape index (κ2) is 7.36. The van der Waals surface area contributed by atoms with E-state index >= 15 is 0 Å². The standard InChI is InChI=1S/C17H19N3O2/c1-20(2)16(21)10-7-13-5-8-15(9-6-13)19-17(22)14-4-3-11-18-12-14/h3-6,8-9,11-12H,7,10H2,1-2H3,(H,19,22). The number of aryl methyl sites for hydroxylation is 1. The molecule has 114 valence electrons. The first kappa shape index (κ1) is 15.7. The van der Waals surface area contributed by atoms with E-state index in [2.05, 4.69) is 10.3 Å². The third-order valence-corrected chi connectivity index (χ3v) is 3.26. The molecule has 1 N–H and O–H groups in total. The molecule has 0 fully saturated rings. The average molecular weight is 297 g/mol. The fourth-order valence-corrected chi connectivity index (χ4v) is 1.93. The van der Waals surface area contributed by atoms with E-state index in [1.165, 1.54) is 6.20 Å². The van der Waals surface area contributed by atoms with E-state index in [1.54, 1.807) is 37.3 Å². The Hall–Kier alpha value is -2.69. The number of anilines is 1. The van der Waals surface area contributed by atoms with Crippen molar-refractivity contribution in [2.75, 3.05) is 19.4 Å². The summed E-state index contributed by atoms with van der Waals surface area (Å²) >= 11 is 0. The van der Waals surface area contributed by atoms with Crippen LogP contribution in [0.3, 0.4) is 0 Å². The van der Waals surface area contributed by atoms with Gasteiger partial charge in [0.05, 0.1) is 5.56 Å². The predicted molar refractivity (Wildman–Crippen MR) is 85.6 cm³/mol. The topological polar surface area (TPSA) is 62.3 Å². The van der Waals surface area contributed by atoms with Crippen LogP contribution in [-0.2, 0) is 11.2 Å². The Morgan fingerprint density at radius 2 is 1.86 bits per heavy atom. The lowest BCUT2D eigenvalue weighted by Gasteiger charge is -2.10. The molecule has 0 saturated heterocycles. The molecule has 0 saturated carbocycles. The van der Waals surface area contributed by atoms with Gasteiger partial charge in [-0.05, 0) is 36.2 Å². The number of hydrogen-bond donors (Lipinski definition) is 1. The summed E-state index contributed by atoms with van der Waals surface area (Å²) in [6.45, 7) is 0. The van der Waals surface area contributed by atoms with Crippen molar-refractivity contribution in [2.24, 2.45) is 0 Å². The Morgan fingerprint density at radius 1 is 1.14 bits per heavy atom. The minimum Gasteiger partial charge on any atom is -0.349 e. The van der Waals surface area contributed by atoms with Crippen LogP contribution in [0.2, 0.25) is 0 Å². The van der Waals surface area contributed by atoms with Gasteiger partial charge in [0.1, 0.15) is 0 Å². The summed E-state index contributed by atoms with van der Waals surface area (Å²) in [7, 11) is 3.50. The van der Waals surface area contributed by atoms with Gasteiger partial charge < -0.3 is 10.2 Å². The van der Waals surface area contributed by atoms with Gasteiger partial charge >= 0.3 is 0 Å². The molecule has 0 spiro atoms. The molecule has 0 bridgehead atoms. The molecule has 22 heavy (non-hydrogen) atoms. The van der Waals surface area contributed by atoms with Crippen LogP contribution in [0.1, 0.15) is 22.3 Å². The van der Waals surface area contributed by atoms with Crippen LogP contribution in [0, 0.1) is 0 Å². The van der Waals surface area contributed by atoms with Crippen molar-refractivity contribution in [3.05, 3.63) is 59.9 Å². The zero-order chi connectivity index (χ0) is 15.9. The lowest BCUT2D eigenvalue weighted by molar-refractivity contribution is -0.128. The minimum atomic E-state index is -0.191. The summed E-state index contributed by atoms with van der Waals surface area (Å²) in [5, 5.41) is 2.81. The van der Waals surface area contributed by atoms with Gasteiger partial charge in [0.2, 0.25) is 5.91 Å². The Kier molecular flexibility index (Phi) is 5.25. The molecule has 2 aromatic rings. The van der Waals surface area contributed by atoms with Gasteiger partial charge in [-0.2, -0.15) is 0 Å². The van der Waals surface area contributed by atoms with E-state index in [9.17, 15) is 9.59 Å². The third kappa shape index (κ3) is 4.41. The number of benzene rings is 1. The largest absolute Gasteiger partial charge is 0.349 e. The maximum atomic E-state index is 12.0. The van der Waals surface area contributed by atoms with Crippen molar-refractivity contribution in [1.29, 1.82) is 0 Å². The summed E-state index contributed by atoms with van der Waals surface area (Å²) in [6.07, 6.45) is 4.32. The van der Waals surface area contributed by atoms with Crippen LogP contribution in [0.15, 0.2) is 48.8 Å². The summed E-state index contributed by atoms with van der Waals surface area (Å²) in [5.41, 5.74) is 2.30. The van der Waals surface area contributed by atoms with Gasteiger partial charge in [0, 0.05) is 38.6 Å². The van der Waals surface area contributed by atoms with Crippen molar-refractivity contribution in [1.82, 2.24) is 9.88 Å². The van der Waals surface area contributed by atoms with Crippen molar-refractivity contribution < 1.29 is 9.59 Å². The number of rotatable bonds is 5. The van der Waals surface area contributed by atoms with Gasteiger partial charge in [0.25, 0.3) is 5.91 Å².